The molecule has 0 spiro atoms. The van der Waals surface area contributed by atoms with Gasteiger partial charge >= 0.3 is 5.69 Å². The molecule has 1 fully saturated rings. The summed E-state index contributed by atoms with van der Waals surface area (Å²) >= 11 is 0. The lowest BCUT2D eigenvalue weighted by Crippen LogP contribution is -2.42. The summed E-state index contributed by atoms with van der Waals surface area (Å²) in [6.45, 7) is 1.28. The largest absolute Gasteiger partial charge is 0.362 e. The van der Waals surface area contributed by atoms with Gasteiger partial charge in [0.2, 0.25) is 0 Å². The first-order valence-electron chi connectivity index (χ1n) is 7.30. The number of hydrogen-bond acceptors (Lipinski definition) is 3. The molecule has 116 valence electrons. The maximum atomic E-state index is 13.6. The van der Waals surface area contributed by atoms with Gasteiger partial charge in [0.1, 0.15) is 12.8 Å². The van der Waals surface area contributed by atoms with Crippen LogP contribution in [0.4, 0.5) is 4.39 Å². The Morgan fingerprint density at radius 2 is 2.36 bits per heavy atom. The van der Waals surface area contributed by atoms with Crippen LogP contribution in [0, 0.1) is 11.8 Å². The highest BCUT2D eigenvalue weighted by atomic mass is 19.1. The van der Waals surface area contributed by atoms with E-state index in [0.717, 1.165) is 23.1 Å². The number of ether oxygens (including phenoxy) is 1. The fourth-order valence-electron chi connectivity index (χ4n) is 2.67. The molecule has 1 aromatic heterocycles. The summed E-state index contributed by atoms with van der Waals surface area (Å²) < 4.78 is 20.6. The maximum Gasteiger partial charge on any atom is 0.326 e. The first-order valence-corrected chi connectivity index (χ1v) is 7.30. The third-order valence-corrected chi connectivity index (χ3v) is 3.86. The number of halogens is 1. The van der Waals surface area contributed by atoms with Crippen molar-refractivity contribution in [1.29, 1.82) is 0 Å². The van der Waals surface area contributed by atoms with Gasteiger partial charge in [0.05, 0.1) is 22.7 Å². The lowest BCUT2D eigenvalue weighted by Gasteiger charge is -2.25. The van der Waals surface area contributed by atoms with Crippen molar-refractivity contribution in [3.8, 4) is 11.8 Å². The quantitative estimate of drug-likeness (QED) is 0.812. The van der Waals surface area contributed by atoms with Crippen LogP contribution in [0.5, 0.6) is 0 Å². The molecule has 0 aliphatic carbocycles. The Labute approximate surface area is 127 Å². The number of aromatic amines is 1. The van der Waals surface area contributed by atoms with Gasteiger partial charge in [0, 0.05) is 13.6 Å². The number of hydrogen-bond donors (Lipinski definition) is 2. The predicted molar refractivity (Wildman–Crippen MR) is 82.5 cm³/mol. The van der Waals surface area contributed by atoms with E-state index in [9.17, 15) is 9.18 Å². The molecule has 2 atom stereocenters. The number of para-hydroxylation sites is 1. The topological polar surface area (TPSA) is 59.0 Å². The summed E-state index contributed by atoms with van der Waals surface area (Å²) in [6.07, 6.45) is -0.711. The molecule has 6 heteroatoms. The van der Waals surface area contributed by atoms with E-state index in [0.29, 0.717) is 13.0 Å². The van der Waals surface area contributed by atoms with E-state index in [1.807, 2.05) is 18.2 Å². The van der Waals surface area contributed by atoms with Crippen molar-refractivity contribution in [3.05, 3.63) is 34.2 Å². The Morgan fingerprint density at radius 1 is 1.50 bits per heavy atom. The van der Waals surface area contributed by atoms with Crippen molar-refractivity contribution in [2.24, 2.45) is 7.05 Å². The number of alkyl halides is 1. The van der Waals surface area contributed by atoms with E-state index in [1.54, 1.807) is 7.05 Å². The second-order valence-corrected chi connectivity index (χ2v) is 5.35. The van der Waals surface area contributed by atoms with Gasteiger partial charge in [-0.05, 0) is 25.1 Å². The van der Waals surface area contributed by atoms with Crippen molar-refractivity contribution in [2.75, 3.05) is 19.7 Å². The zero-order valence-electron chi connectivity index (χ0n) is 12.4. The van der Waals surface area contributed by atoms with E-state index < -0.39 is 6.17 Å². The molecule has 1 aromatic carbocycles. The molecule has 0 unspecified atom stereocenters. The monoisotopic (exact) mass is 303 g/mol. The van der Waals surface area contributed by atoms with E-state index in [2.05, 4.69) is 22.1 Å². The van der Waals surface area contributed by atoms with E-state index in [1.165, 1.54) is 4.57 Å². The average molecular weight is 303 g/mol. The summed E-state index contributed by atoms with van der Waals surface area (Å²) in [5, 5.41) is 2.98. The van der Waals surface area contributed by atoms with Gasteiger partial charge in [-0.2, -0.15) is 0 Å². The number of nitrogens with zero attached hydrogens (tertiary/aromatic N) is 1. The van der Waals surface area contributed by atoms with Gasteiger partial charge in [-0.3, -0.25) is 4.57 Å². The van der Waals surface area contributed by atoms with E-state index in [4.69, 9.17) is 4.74 Å². The number of fused-ring (bicyclic) bond motifs is 1. The lowest BCUT2D eigenvalue weighted by atomic mass is 10.1. The Morgan fingerprint density at radius 3 is 3.18 bits per heavy atom. The number of rotatable bonds is 2. The van der Waals surface area contributed by atoms with Crippen LogP contribution in [0.15, 0.2) is 23.0 Å². The summed E-state index contributed by atoms with van der Waals surface area (Å²) in [7, 11) is 1.70. The number of imidazole rings is 1. The number of aryl methyl sites for hydroxylation is 1. The minimum Gasteiger partial charge on any atom is -0.362 e. The molecular weight excluding hydrogens is 285 g/mol. The molecular formula is C16H18FN3O2. The summed E-state index contributed by atoms with van der Waals surface area (Å²) in [5.41, 5.74) is 2.10. The van der Waals surface area contributed by atoms with Gasteiger partial charge < -0.3 is 15.0 Å². The number of H-pyrrole nitrogens is 1. The normalized spacial score (nSPS) is 21.5. The fourth-order valence-corrected chi connectivity index (χ4v) is 2.67. The smallest absolute Gasteiger partial charge is 0.326 e. The highest BCUT2D eigenvalue weighted by Gasteiger charge is 2.24. The first kappa shape index (κ1) is 14.8. The molecule has 2 aromatic rings. The number of nitrogens with one attached hydrogen (secondary N) is 2. The Balaban J connectivity index is 1.73. The van der Waals surface area contributed by atoms with Crippen molar-refractivity contribution < 1.29 is 9.13 Å². The minimum atomic E-state index is -0.982. The van der Waals surface area contributed by atoms with Gasteiger partial charge in [0.15, 0.2) is 0 Å². The van der Waals surface area contributed by atoms with Crippen molar-refractivity contribution in [2.45, 2.75) is 18.7 Å². The second-order valence-electron chi connectivity index (χ2n) is 5.35. The molecule has 1 aliphatic rings. The minimum absolute atomic E-state index is 0.171. The molecule has 1 aliphatic heterocycles. The van der Waals surface area contributed by atoms with Crippen LogP contribution in [0.1, 0.15) is 12.0 Å². The van der Waals surface area contributed by atoms with Crippen LogP contribution in [0.3, 0.4) is 0 Å². The molecule has 22 heavy (non-hydrogen) atoms. The van der Waals surface area contributed by atoms with Crippen molar-refractivity contribution in [1.82, 2.24) is 14.9 Å². The Kier molecular flexibility index (Phi) is 4.27. The molecule has 0 amide bonds. The molecule has 3 rings (SSSR count). The SMILES string of the molecule is Cn1c(=O)[nH]c2cccc(C#CCO[C@@H]3CCNC[C@H]3F)c21. The fraction of sp³-hybridized carbons (Fsp3) is 0.438. The molecule has 0 bridgehead atoms. The van der Waals surface area contributed by atoms with Crippen LogP contribution in [-0.4, -0.2) is 41.5 Å². The highest BCUT2D eigenvalue weighted by Crippen LogP contribution is 2.14. The zero-order valence-corrected chi connectivity index (χ0v) is 12.4. The first-order chi connectivity index (χ1) is 10.7. The maximum absolute atomic E-state index is 13.6. The average Bonchev–Trinajstić information content (AvgIpc) is 2.81. The third kappa shape index (κ3) is 2.91. The number of aromatic nitrogens is 2. The molecule has 0 saturated carbocycles. The predicted octanol–water partition coefficient (Wildman–Crippen LogP) is 0.935. The molecule has 2 N–H and O–H groups in total. The van der Waals surface area contributed by atoms with Crippen LogP contribution in [0.25, 0.3) is 11.0 Å². The lowest BCUT2D eigenvalue weighted by molar-refractivity contribution is -0.00239. The summed E-state index contributed by atoms with van der Waals surface area (Å²) in [6, 6.07) is 5.53. The molecule has 1 saturated heterocycles. The van der Waals surface area contributed by atoms with Crippen LogP contribution < -0.4 is 11.0 Å². The molecule has 5 nitrogen and oxygen atoms in total. The van der Waals surface area contributed by atoms with Crippen molar-refractivity contribution >= 4 is 11.0 Å². The van der Waals surface area contributed by atoms with Crippen molar-refractivity contribution in [3.63, 3.8) is 0 Å². The molecule has 0 radical (unpaired) electrons. The van der Waals surface area contributed by atoms with Gasteiger partial charge in [-0.25, -0.2) is 9.18 Å². The summed E-state index contributed by atoms with van der Waals surface area (Å²) in [4.78, 5) is 14.4. The zero-order chi connectivity index (χ0) is 15.5. The molecule has 2 heterocycles. The van der Waals surface area contributed by atoms with E-state index in [-0.39, 0.29) is 18.4 Å². The van der Waals surface area contributed by atoms with E-state index >= 15 is 0 Å². The van der Waals surface area contributed by atoms with Gasteiger partial charge in [-0.1, -0.05) is 17.9 Å². The standard InChI is InChI=1S/C16H18FN3O2/c1-20-15-11(4-2-6-13(15)19-16(20)21)5-3-9-22-14-7-8-18-10-12(14)17/h2,4,6,12,14,18H,7-10H2,1H3,(H,19,21)/t12-,14-/m1/s1. The van der Waals surface area contributed by atoms with Crippen LogP contribution in [0.2, 0.25) is 0 Å². The second kappa shape index (κ2) is 6.34. The summed E-state index contributed by atoms with van der Waals surface area (Å²) in [5.74, 6) is 5.91. The van der Waals surface area contributed by atoms with Gasteiger partial charge in [0.25, 0.3) is 0 Å². The van der Waals surface area contributed by atoms with Gasteiger partial charge in [-0.15, -0.1) is 0 Å². The number of benzene rings is 1. The Bertz CT molecular complexity index is 784. The number of piperidine rings is 1. The van der Waals surface area contributed by atoms with Crippen LogP contribution >= 0.6 is 0 Å². The Hall–Kier alpha value is -2.10. The third-order valence-electron chi connectivity index (χ3n) is 3.86. The highest BCUT2D eigenvalue weighted by molar-refractivity contribution is 5.82. The van der Waals surface area contributed by atoms with Crippen LogP contribution in [-0.2, 0) is 11.8 Å².